The van der Waals surface area contributed by atoms with Gasteiger partial charge >= 0.3 is 0 Å². The van der Waals surface area contributed by atoms with Crippen molar-refractivity contribution >= 4 is 51.7 Å². The van der Waals surface area contributed by atoms with Crippen LogP contribution in [0, 0.1) is 0 Å². The zero-order chi connectivity index (χ0) is 22.0. The largest absolute Gasteiger partial charge is 0.350 e. The summed E-state index contributed by atoms with van der Waals surface area (Å²) in [6.45, 7) is 2.22. The normalized spacial score (nSPS) is 12.1. The van der Waals surface area contributed by atoms with Gasteiger partial charge in [0, 0.05) is 30.4 Å². The molecule has 4 rings (SSSR count). The van der Waals surface area contributed by atoms with Crippen molar-refractivity contribution in [1.82, 2.24) is 19.9 Å². The van der Waals surface area contributed by atoms with E-state index in [9.17, 15) is 4.79 Å². The van der Waals surface area contributed by atoms with Gasteiger partial charge in [0.2, 0.25) is 5.91 Å². The lowest BCUT2D eigenvalue weighted by atomic mass is 10.1. The molecule has 0 aliphatic heterocycles. The lowest BCUT2D eigenvalue weighted by molar-refractivity contribution is -0.124. The number of carbonyl (C=O) groups is 1. The molecule has 0 aliphatic carbocycles. The number of hydrogen-bond acceptors (Lipinski definition) is 3. The summed E-state index contributed by atoms with van der Waals surface area (Å²) >= 11 is 18.9. The van der Waals surface area contributed by atoms with E-state index in [1.54, 1.807) is 24.5 Å². The van der Waals surface area contributed by atoms with Crippen LogP contribution in [0.4, 0.5) is 0 Å². The average Bonchev–Trinajstić information content (AvgIpc) is 3.10. The molecule has 2 heterocycles. The molecule has 0 radical (unpaired) electrons. The number of hydrogen-bond donors (Lipinski definition) is 1. The number of fused-ring (bicyclic) bond motifs is 1. The summed E-state index contributed by atoms with van der Waals surface area (Å²) in [7, 11) is 0. The summed E-state index contributed by atoms with van der Waals surface area (Å²) in [5.74, 6) is 0.556. The van der Waals surface area contributed by atoms with E-state index in [2.05, 4.69) is 10.3 Å². The van der Waals surface area contributed by atoms with E-state index >= 15 is 0 Å². The molecule has 2 aromatic carbocycles. The first-order valence-corrected chi connectivity index (χ1v) is 10.8. The highest BCUT2D eigenvalue weighted by Crippen LogP contribution is 2.31. The van der Waals surface area contributed by atoms with Crippen LogP contribution in [-0.4, -0.2) is 20.4 Å². The van der Waals surface area contributed by atoms with Crippen LogP contribution in [0.1, 0.15) is 29.9 Å². The Kier molecular flexibility index (Phi) is 6.46. The minimum Gasteiger partial charge on any atom is -0.350 e. The zero-order valence-electron chi connectivity index (χ0n) is 16.6. The maximum Gasteiger partial charge on any atom is 0.243 e. The fourth-order valence-corrected chi connectivity index (χ4v) is 3.98. The van der Waals surface area contributed by atoms with Gasteiger partial charge < -0.3 is 9.88 Å². The summed E-state index contributed by atoms with van der Waals surface area (Å²) in [6.07, 6.45) is 3.88. The fraction of sp³-hybridized carbons (Fsp3) is 0.174. The Morgan fingerprint density at radius 1 is 1.06 bits per heavy atom. The first-order valence-electron chi connectivity index (χ1n) is 9.70. The molecule has 1 amide bonds. The Morgan fingerprint density at radius 2 is 1.84 bits per heavy atom. The van der Waals surface area contributed by atoms with Crippen LogP contribution in [0.15, 0.2) is 60.9 Å². The second-order valence-electron chi connectivity index (χ2n) is 7.18. The quantitative estimate of drug-likeness (QED) is 0.381. The smallest absolute Gasteiger partial charge is 0.243 e. The number of carbonyl (C=O) groups excluding carboxylic acids is 1. The number of benzene rings is 2. The molecule has 8 heteroatoms. The van der Waals surface area contributed by atoms with Gasteiger partial charge in [-0.3, -0.25) is 9.78 Å². The van der Waals surface area contributed by atoms with E-state index < -0.39 is 6.04 Å². The van der Waals surface area contributed by atoms with Gasteiger partial charge in [0.25, 0.3) is 0 Å². The number of rotatable bonds is 6. The molecule has 0 fully saturated rings. The molecule has 4 aromatic rings. The number of aromatic nitrogens is 3. The molecule has 2 aromatic heterocycles. The van der Waals surface area contributed by atoms with Crippen molar-refractivity contribution < 1.29 is 4.79 Å². The van der Waals surface area contributed by atoms with Gasteiger partial charge in [-0.25, -0.2) is 4.98 Å². The topological polar surface area (TPSA) is 59.8 Å². The van der Waals surface area contributed by atoms with E-state index in [0.29, 0.717) is 39.4 Å². The summed E-state index contributed by atoms with van der Waals surface area (Å²) in [5.41, 5.74) is 3.24. The highest BCUT2D eigenvalue weighted by Gasteiger charge is 2.23. The highest BCUT2D eigenvalue weighted by atomic mass is 35.5. The third-order valence-corrected chi connectivity index (χ3v) is 6.16. The first-order chi connectivity index (χ1) is 14.9. The standard InChI is InChI=1S/C23H19Cl3N4O/c1-14(23(31)28-13-15-5-4-8-27-12-15)30-21-11-19(26)18(25)10-20(21)29-22(30)9-16-6-2-3-7-17(16)24/h2-8,10-12,14H,9,13H2,1H3,(H,28,31)/t14-/m1/s1. The Balaban J connectivity index is 1.70. The highest BCUT2D eigenvalue weighted by molar-refractivity contribution is 6.42. The SMILES string of the molecule is C[C@H](C(=O)NCc1cccnc1)n1c(Cc2ccccc2Cl)nc2cc(Cl)c(Cl)cc21. The number of amides is 1. The van der Waals surface area contributed by atoms with Crippen molar-refractivity contribution in [2.24, 2.45) is 0 Å². The molecule has 31 heavy (non-hydrogen) atoms. The van der Waals surface area contributed by atoms with Crippen molar-refractivity contribution in [3.63, 3.8) is 0 Å². The molecule has 0 aliphatic rings. The second-order valence-corrected chi connectivity index (χ2v) is 8.40. The Hall–Kier alpha value is -2.60. The summed E-state index contributed by atoms with van der Waals surface area (Å²) in [5, 5.41) is 4.43. The number of pyridine rings is 1. The monoisotopic (exact) mass is 472 g/mol. The van der Waals surface area contributed by atoms with Gasteiger partial charge in [-0.1, -0.05) is 59.1 Å². The third-order valence-electron chi connectivity index (χ3n) is 5.07. The van der Waals surface area contributed by atoms with Gasteiger partial charge in [0.05, 0.1) is 21.1 Å². The molecule has 0 spiro atoms. The lowest BCUT2D eigenvalue weighted by Gasteiger charge is -2.18. The van der Waals surface area contributed by atoms with E-state index in [1.165, 1.54) is 0 Å². The van der Waals surface area contributed by atoms with Crippen LogP contribution in [0.3, 0.4) is 0 Å². The number of halogens is 3. The molecule has 5 nitrogen and oxygen atoms in total. The Labute approximate surface area is 195 Å². The molecule has 1 atom stereocenters. The third kappa shape index (κ3) is 4.69. The van der Waals surface area contributed by atoms with Crippen molar-refractivity contribution in [3.05, 3.63) is 92.9 Å². The van der Waals surface area contributed by atoms with E-state index in [4.69, 9.17) is 39.8 Å². The lowest BCUT2D eigenvalue weighted by Crippen LogP contribution is -2.31. The van der Waals surface area contributed by atoms with E-state index in [1.807, 2.05) is 47.9 Å². The number of nitrogens with one attached hydrogen (secondary N) is 1. The second kappa shape index (κ2) is 9.27. The summed E-state index contributed by atoms with van der Waals surface area (Å²) in [6, 6.07) is 14.3. The molecule has 0 saturated heterocycles. The number of nitrogens with zero attached hydrogens (tertiary/aromatic N) is 3. The molecule has 1 N–H and O–H groups in total. The van der Waals surface area contributed by atoms with Crippen LogP contribution in [0.2, 0.25) is 15.1 Å². The van der Waals surface area contributed by atoms with E-state index in [-0.39, 0.29) is 5.91 Å². The zero-order valence-corrected chi connectivity index (χ0v) is 18.9. The first kappa shape index (κ1) is 21.6. The van der Waals surface area contributed by atoms with Crippen LogP contribution >= 0.6 is 34.8 Å². The van der Waals surface area contributed by atoms with E-state index in [0.717, 1.165) is 16.6 Å². The van der Waals surface area contributed by atoms with Gasteiger partial charge in [0.1, 0.15) is 11.9 Å². The van der Waals surface area contributed by atoms with Crippen LogP contribution in [0.5, 0.6) is 0 Å². The summed E-state index contributed by atoms with van der Waals surface area (Å²) in [4.78, 5) is 21.8. The number of imidazole rings is 1. The minimum atomic E-state index is -0.531. The van der Waals surface area contributed by atoms with Gasteiger partial charge in [-0.2, -0.15) is 0 Å². The summed E-state index contributed by atoms with van der Waals surface area (Å²) < 4.78 is 1.89. The van der Waals surface area contributed by atoms with Crippen molar-refractivity contribution in [2.75, 3.05) is 0 Å². The Bertz CT molecular complexity index is 1240. The predicted octanol–water partition coefficient (Wildman–Crippen LogP) is 5.86. The molecular formula is C23H19Cl3N4O. The van der Waals surface area contributed by atoms with Crippen LogP contribution < -0.4 is 5.32 Å². The van der Waals surface area contributed by atoms with Crippen molar-refractivity contribution in [3.8, 4) is 0 Å². The van der Waals surface area contributed by atoms with Crippen LogP contribution in [-0.2, 0) is 17.8 Å². The predicted molar refractivity (Wildman–Crippen MR) is 125 cm³/mol. The Morgan fingerprint density at radius 3 is 2.58 bits per heavy atom. The van der Waals surface area contributed by atoms with Gasteiger partial charge in [0.15, 0.2) is 0 Å². The van der Waals surface area contributed by atoms with Gasteiger partial charge in [-0.05, 0) is 42.3 Å². The molecule has 0 unspecified atom stereocenters. The molecular weight excluding hydrogens is 455 g/mol. The molecule has 0 saturated carbocycles. The maximum absolute atomic E-state index is 13.0. The van der Waals surface area contributed by atoms with Crippen LogP contribution in [0.25, 0.3) is 11.0 Å². The maximum atomic E-state index is 13.0. The van der Waals surface area contributed by atoms with Crippen molar-refractivity contribution in [1.29, 1.82) is 0 Å². The average molecular weight is 474 g/mol. The fourth-order valence-electron chi connectivity index (χ4n) is 3.47. The molecule has 158 valence electrons. The molecule has 0 bridgehead atoms. The van der Waals surface area contributed by atoms with Gasteiger partial charge in [-0.15, -0.1) is 0 Å². The minimum absolute atomic E-state index is 0.144. The van der Waals surface area contributed by atoms with Crippen molar-refractivity contribution in [2.45, 2.75) is 25.9 Å².